The monoisotopic (exact) mass is 810 g/mol. The molecular weight excluding hydrogens is 777 g/mol. The van der Waals surface area contributed by atoms with Crippen molar-refractivity contribution in [3.05, 3.63) is 206 Å². The van der Waals surface area contributed by atoms with E-state index >= 15 is 0 Å². The Morgan fingerprint density at radius 2 is 0.790 bits per heavy atom. The van der Waals surface area contributed by atoms with Crippen molar-refractivity contribution in [3.8, 4) is 73.6 Å². The van der Waals surface area contributed by atoms with Gasteiger partial charge in [0.2, 0.25) is 0 Å². The molecule has 0 atom stereocenters. The van der Waals surface area contributed by atoms with Crippen LogP contribution in [0.2, 0.25) is 0 Å². The van der Waals surface area contributed by atoms with Gasteiger partial charge in [-0.25, -0.2) is 24.9 Å². The maximum absolute atomic E-state index is 5.38. The van der Waals surface area contributed by atoms with Gasteiger partial charge in [-0.3, -0.25) is 0 Å². The quantitative estimate of drug-likeness (QED) is 0.160. The van der Waals surface area contributed by atoms with E-state index in [4.69, 9.17) is 24.9 Å². The minimum atomic E-state index is 0.632. The molecule has 290 valence electrons. The van der Waals surface area contributed by atoms with E-state index < -0.39 is 0 Å². The van der Waals surface area contributed by atoms with Gasteiger partial charge in [0, 0.05) is 54.4 Å². The maximum atomic E-state index is 5.38. The molecule has 0 radical (unpaired) electrons. The number of thiophene rings is 1. The van der Waals surface area contributed by atoms with Crippen molar-refractivity contribution in [2.45, 2.75) is 0 Å². The lowest BCUT2D eigenvalue weighted by molar-refractivity contribution is 1.07. The van der Waals surface area contributed by atoms with Gasteiger partial charge in [-0.05, 0) is 41.5 Å². The number of rotatable bonds is 7. The lowest BCUT2D eigenvalue weighted by atomic mass is 10.0. The molecule has 0 aliphatic rings. The summed E-state index contributed by atoms with van der Waals surface area (Å²) in [4.78, 5) is 25.4. The number of para-hydroxylation sites is 2. The maximum Gasteiger partial charge on any atom is 0.164 e. The topological polar surface area (TPSA) is 69.4 Å². The Bertz CT molecular complexity index is 3540. The summed E-state index contributed by atoms with van der Waals surface area (Å²) in [5.74, 6) is 2.62. The molecule has 0 spiro atoms. The lowest BCUT2D eigenvalue weighted by Crippen LogP contribution is -2.00. The summed E-state index contributed by atoms with van der Waals surface area (Å²) in [7, 11) is 0. The molecular formula is C55H34N6S. The summed E-state index contributed by atoms with van der Waals surface area (Å²) < 4.78 is 4.61. The van der Waals surface area contributed by atoms with Gasteiger partial charge in [0.25, 0.3) is 0 Å². The Labute approximate surface area is 361 Å². The van der Waals surface area contributed by atoms with Crippen molar-refractivity contribution in [1.82, 2.24) is 29.5 Å². The van der Waals surface area contributed by atoms with Gasteiger partial charge in [-0.2, -0.15) is 0 Å². The minimum Gasteiger partial charge on any atom is -0.309 e. The predicted octanol–water partition coefficient (Wildman–Crippen LogP) is 14.1. The first-order valence-corrected chi connectivity index (χ1v) is 21.4. The second kappa shape index (κ2) is 14.9. The van der Waals surface area contributed by atoms with E-state index in [1.807, 2.05) is 60.7 Å². The van der Waals surface area contributed by atoms with Gasteiger partial charge in [-0.1, -0.05) is 176 Å². The van der Waals surface area contributed by atoms with Crippen molar-refractivity contribution < 1.29 is 0 Å². The van der Waals surface area contributed by atoms with Gasteiger partial charge < -0.3 is 4.57 Å². The fraction of sp³-hybridized carbons (Fsp3) is 0. The highest BCUT2D eigenvalue weighted by Crippen LogP contribution is 2.41. The number of hydrogen-bond acceptors (Lipinski definition) is 6. The SMILES string of the molecule is c1ccc(-c2nc(-c3ccccc3)nc(-c3ccc(-c4ccc(-c5nc(-c6ccc7c8ccccc8n(-c8ccccc8)c7c6)nc6c5sc5ccccc56)cc4)cc3)n2)cc1. The molecule has 0 aliphatic heterocycles. The molecule has 0 saturated heterocycles. The van der Waals surface area contributed by atoms with Crippen LogP contribution in [0.15, 0.2) is 206 Å². The van der Waals surface area contributed by atoms with Crippen molar-refractivity contribution in [2.24, 2.45) is 0 Å². The molecule has 62 heavy (non-hydrogen) atoms. The Morgan fingerprint density at radius 1 is 0.323 bits per heavy atom. The Balaban J connectivity index is 0.929. The number of benzene rings is 8. The van der Waals surface area contributed by atoms with Gasteiger partial charge >= 0.3 is 0 Å². The zero-order chi connectivity index (χ0) is 41.0. The summed E-state index contributed by atoms with van der Waals surface area (Å²) in [6, 6.07) is 71.6. The fourth-order valence-electron chi connectivity index (χ4n) is 8.45. The molecule has 0 fully saturated rings. The minimum absolute atomic E-state index is 0.632. The van der Waals surface area contributed by atoms with E-state index in [1.54, 1.807) is 11.3 Å². The van der Waals surface area contributed by atoms with E-state index in [1.165, 1.54) is 21.0 Å². The summed E-state index contributed by atoms with van der Waals surface area (Å²) >= 11 is 1.75. The molecule has 8 aromatic carbocycles. The average Bonchev–Trinajstić information content (AvgIpc) is 3.90. The fourth-order valence-corrected chi connectivity index (χ4v) is 9.60. The van der Waals surface area contributed by atoms with Crippen molar-refractivity contribution in [1.29, 1.82) is 0 Å². The zero-order valence-electron chi connectivity index (χ0n) is 33.2. The van der Waals surface area contributed by atoms with Crippen molar-refractivity contribution in [2.75, 3.05) is 0 Å². The van der Waals surface area contributed by atoms with E-state index in [0.717, 1.165) is 71.4 Å². The second-order valence-corrected chi connectivity index (χ2v) is 16.3. The molecule has 0 amide bonds. The third-order valence-corrected chi connectivity index (χ3v) is 12.7. The van der Waals surface area contributed by atoms with Crippen LogP contribution in [0.5, 0.6) is 0 Å². The molecule has 7 heteroatoms. The summed E-state index contributed by atoms with van der Waals surface area (Å²) in [6.45, 7) is 0. The molecule has 0 unspecified atom stereocenters. The first-order chi connectivity index (χ1) is 30.7. The number of hydrogen-bond donors (Lipinski definition) is 0. The van der Waals surface area contributed by atoms with Crippen LogP contribution in [-0.2, 0) is 0 Å². The third kappa shape index (κ3) is 6.22. The largest absolute Gasteiger partial charge is 0.309 e. The van der Waals surface area contributed by atoms with Crippen LogP contribution >= 0.6 is 11.3 Å². The average molecular weight is 811 g/mol. The molecule has 6 nitrogen and oxygen atoms in total. The molecule has 0 aliphatic carbocycles. The first kappa shape index (κ1) is 35.8. The molecule has 4 aromatic heterocycles. The molecule has 12 rings (SSSR count). The summed E-state index contributed by atoms with van der Waals surface area (Å²) in [5.41, 5.74) is 12.3. The van der Waals surface area contributed by atoms with Gasteiger partial charge in [0.05, 0.1) is 26.9 Å². The molecule has 12 aromatic rings. The van der Waals surface area contributed by atoms with Gasteiger partial charge in [-0.15, -0.1) is 11.3 Å². The van der Waals surface area contributed by atoms with Crippen LogP contribution in [0.4, 0.5) is 0 Å². The summed E-state index contributed by atoms with van der Waals surface area (Å²) in [6.07, 6.45) is 0. The Hall–Kier alpha value is -8.13. The second-order valence-electron chi connectivity index (χ2n) is 15.3. The highest BCUT2D eigenvalue weighted by molar-refractivity contribution is 7.26. The molecule has 4 heterocycles. The number of aromatic nitrogens is 6. The smallest absolute Gasteiger partial charge is 0.164 e. The van der Waals surface area contributed by atoms with Gasteiger partial charge in [0.15, 0.2) is 23.3 Å². The van der Waals surface area contributed by atoms with Crippen molar-refractivity contribution in [3.63, 3.8) is 0 Å². The Morgan fingerprint density at radius 3 is 1.44 bits per heavy atom. The normalized spacial score (nSPS) is 11.5. The van der Waals surface area contributed by atoms with Crippen LogP contribution in [0.25, 0.3) is 116 Å². The first-order valence-electron chi connectivity index (χ1n) is 20.6. The van der Waals surface area contributed by atoms with Crippen LogP contribution in [-0.4, -0.2) is 29.5 Å². The van der Waals surface area contributed by atoms with E-state index in [-0.39, 0.29) is 0 Å². The highest BCUT2D eigenvalue weighted by atomic mass is 32.1. The van der Waals surface area contributed by atoms with Crippen LogP contribution in [0.1, 0.15) is 0 Å². The number of fused-ring (bicyclic) bond motifs is 6. The van der Waals surface area contributed by atoms with Crippen LogP contribution in [0.3, 0.4) is 0 Å². The molecule has 0 N–H and O–H groups in total. The number of nitrogens with zero attached hydrogens (tertiary/aromatic N) is 6. The zero-order valence-corrected chi connectivity index (χ0v) is 34.0. The Kier molecular flexibility index (Phi) is 8.57. The van der Waals surface area contributed by atoms with E-state index in [2.05, 4.69) is 150 Å². The van der Waals surface area contributed by atoms with Crippen molar-refractivity contribution >= 4 is 53.4 Å². The van der Waals surface area contributed by atoms with E-state index in [0.29, 0.717) is 23.3 Å². The highest BCUT2D eigenvalue weighted by Gasteiger charge is 2.19. The third-order valence-electron chi connectivity index (χ3n) is 11.5. The molecule has 0 bridgehead atoms. The predicted molar refractivity (Wildman–Crippen MR) is 255 cm³/mol. The standard InChI is InChI=1S/C55H34N6S/c1-4-14-38(15-5-1)52-58-53(39-16-6-2-7-17-39)60-54(59-52)40-30-26-36(27-31-40)35-24-28-37(29-25-35)49-51-50(45-21-11-13-23-48(45)62-51)57-55(56-49)41-32-33-44-43-20-10-12-22-46(43)61(47(44)34-41)42-18-8-3-9-19-42/h1-34H. The van der Waals surface area contributed by atoms with Gasteiger partial charge in [0.1, 0.15) is 0 Å². The lowest BCUT2D eigenvalue weighted by Gasteiger charge is -2.11. The van der Waals surface area contributed by atoms with E-state index in [9.17, 15) is 0 Å². The summed E-state index contributed by atoms with van der Waals surface area (Å²) in [5, 5.41) is 3.55. The van der Waals surface area contributed by atoms with Crippen LogP contribution < -0.4 is 0 Å². The van der Waals surface area contributed by atoms with Crippen LogP contribution in [0, 0.1) is 0 Å². The molecule has 0 saturated carbocycles.